The zero-order valence-electron chi connectivity index (χ0n) is 15.7. The van der Waals surface area contributed by atoms with E-state index in [1.165, 1.54) is 12.1 Å². The molecule has 0 radical (unpaired) electrons. The van der Waals surface area contributed by atoms with Crippen molar-refractivity contribution in [2.45, 2.75) is 6.17 Å². The quantitative estimate of drug-likeness (QED) is 0.323. The summed E-state index contributed by atoms with van der Waals surface area (Å²) in [5.74, 6) is -0.428. The Hall–Kier alpha value is 0.914. The maximum Gasteiger partial charge on any atom is 1.00 e. The molecule has 0 fully saturated rings. The van der Waals surface area contributed by atoms with Crippen LogP contribution in [0.3, 0.4) is 0 Å². The van der Waals surface area contributed by atoms with Crippen LogP contribution in [0.25, 0.3) is 0 Å². The summed E-state index contributed by atoms with van der Waals surface area (Å²) in [5, 5.41) is 17.2. The van der Waals surface area contributed by atoms with Crippen LogP contribution in [0.15, 0.2) is 53.6 Å². The van der Waals surface area contributed by atoms with E-state index in [1.807, 2.05) is 42.4 Å². The molecule has 1 unspecified atom stereocenters. The fourth-order valence-corrected chi connectivity index (χ4v) is 2.82. The van der Waals surface area contributed by atoms with Crippen LogP contribution < -0.4 is 143 Å². The van der Waals surface area contributed by atoms with E-state index in [2.05, 4.69) is 5.10 Å². The maximum atomic E-state index is 10.9. The summed E-state index contributed by atoms with van der Waals surface area (Å²) in [6, 6.07) is 13.6. The van der Waals surface area contributed by atoms with Crippen molar-refractivity contribution in [2.24, 2.45) is 5.10 Å². The summed E-state index contributed by atoms with van der Waals surface area (Å²) in [7, 11) is 3.77. The second-order valence-electron chi connectivity index (χ2n) is 5.57. The van der Waals surface area contributed by atoms with Crippen molar-refractivity contribution in [2.75, 3.05) is 14.1 Å². The molecule has 1 N–H and O–H groups in total. The third kappa shape index (κ3) is 6.44. The minimum absolute atomic E-state index is 0. The SMILES string of the molecule is CN1N=C(c2ccc([C-]=O)cc2)N(C)C1c1ccc(C(=O)[O-])cc1.[Cs+].[Cs+].[OH-]. The van der Waals surface area contributed by atoms with Crippen LogP contribution in [0.4, 0.5) is 0 Å². The Kier molecular flexibility index (Phi) is 13.0. The molecule has 0 saturated heterocycles. The molecule has 9 heteroatoms. The number of nitrogens with zero attached hydrogens (tertiary/aromatic N) is 3. The number of carbonyl (C=O) groups excluding carboxylic acids is 2. The Morgan fingerprint density at radius 2 is 1.59 bits per heavy atom. The van der Waals surface area contributed by atoms with Crippen LogP contribution in [0.5, 0.6) is 0 Å². The summed E-state index contributed by atoms with van der Waals surface area (Å²) in [6.45, 7) is 0. The van der Waals surface area contributed by atoms with Gasteiger partial charge >= 0.3 is 138 Å². The van der Waals surface area contributed by atoms with Gasteiger partial charge in [0.25, 0.3) is 0 Å². The van der Waals surface area contributed by atoms with Gasteiger partial charge in [0.15, 0.2) is 5.84 Å². The predicted molar refractivity (Wildman–Crippen MR) is 88.7 cm³/mol. The van der Waals surface area contributed by atoms with Crippen LogP contribution in [-0.4, -0.2) is 47.6 Å². The molecular weight excluding hydrogens is 588 g/mol. The van der Waals surface area contributed by atoms with Gasteiger partial charge in [0.1, 0.15) is 6.17 Å². The molecule has 0 spiro atoms. The van der Waals surface area contributed by atoms with E-state index in [0.29, 0.717) is 5.56 Å². The number of hydrogen-bond acceptors (Lipinski definition) is 7. The first kappa shape index (κ1) is 27.9. The summed E-state index contributed by atoms with van der Waals surface area (Å²) < 4.78 is 0. The van der Waals surface area contributed by atoms with Crippen LogP contribution in [0.2, 0.25) is 0 Å². The van der Waals surface area contributed by atoms with Crippen molar-refractivity contribution in [1.29, 1.82) is 0 Å². The van der Waals surface area contributed by atoms with Crippen molar-refractivity contribution >= 4 is 18.1 Å². The molecule has 0 amide bonds. The second-order valence-corrected chi connectivity index (χ2v) is 5.57. The van der Waals surface area contributed by atoms with E-state index in [9.17, 15) is 14.7 Å². The predicted octanol–water partition coefficient (Wildman–Crippen LogP) is -5.42. The fraction of sp³-hybridized carbons (Fsp3) is 0.167. The van der Waals surface area contributed by atoms with Crippen molar-refractivity contribution in [3.63, 3.8) is 0 Å². The largest absolute Gasteiger partial charge is 1.00 e. The fourth-order valence-electron chi connectivity index (χ4n) is 2.82. The van der Waals surface area contributed by atoms with E-state index in [0.717, 1.165) is 17.0 Å². The maximum absolute atomic E-state index is 10.9. The molecule has 1 aliphatic rings. The number of amidine groups is 1. The monoisotopic (exact) mass is 604 g/mol. The number of hydrazone groups is 1. The molecule has 27 heavy (non-hydrogen) atoms. The van der Waals surface area contributed by atoms with Crippen LogP contribution in [-0.2, 0) is 4.79 Å². The number of aromatic carboxylic acids is 1. The number of carboxylic acid groups (broad SMARTS) is 1. The normalized spacial score (nSPS) is 15.0. The van der Waals surface area contributed by atoms with Gasteiger partial charge in [-0.2, -0.15) is 22.8 Å². The van der Waals surface area contributed by atoms with Crippen LogP contribution in [0, 0.1) is 0 Å². The molecule has 2 aromatic carbocycles. The molecule has 0 bridgehead atoms. The zero-order valence-corrected chi connectivity index (χ0v) is 28.3. The summed E-state index contributed by atoms with van der Waals surface area (Å²) in [6.07, 6.45) is 1.70. The van der Waals surface area contributed by atoms with E-state index < -0.39 is 5.97 Å². The standard InChI is InChI=1S/C18H16N3O3.2Cs.H2O/c1-20-16(13-5-3-12(11-22)4-6-13)19-21(2)17(20)14-7-9-15(10-8-14)18(23)24;;;/h3-10,17H,1-2H3,(H,23,24);;;1H2/q-1;2*+1;/p-2. The number of carbonyl (C=O) groups is 1. The Morgan fingerprint density at radius 1 is 1.04 bits per heavy atom. The number of hydrogen-bond donors (Lipinski definition) is 0. The third-order valence-corrected chi connectivity index (χ3v) is 4.01. The van der Waals surface area contributed by atoms with E-state index in [1.54, 1.807) is 24.3 Å². The van der Waals surface area contributed by atoms with Crippen LogP contribution >= 0.6 is 0 Å². The Balaban J connectivity index is 0.00000225. The molecule has 0 aromatic heterocycles. The third-order valence-electron chi connectivity index (χ3n) is 4.01. The first-order chi connectivity index (χ1) is 11.5. The van der Waals surface area contributed by atoms with E-state index in [-0.39, 0.29) is 155 Å². The minimum Gasteiger partial charge on any atom is -0.870 e. The van der Waals surface area contributed by atoms with Gasteiger partial charge in [-0.1, -0.05) is 24.3 Å². The average Bonchev–Trinajstić information content (AvgIpc) is 2.89. The van der Waals surface area contributed by atoms with Gasteiger partial charge in [-0.05, 0) is 16.7 Å². The van der Waals surface area contributed by atoms with Gasteiger partial charge in [0.2, 0.25) is 0 Å². The second kappa shape index (κ2) is 12.6. The topological polar surface area (TPSA) is 106 Å². The van der Waals surface area contributed by atoms with Crippen molar-refractivity contribution < 1.29 is 158 Å². The Bertz CT molecular complexity index is 810. The summed E-state index contributed by atoms with van der Waals surface area (Å²) in [5.41, 5.74) is 2.44. The minimum atomic E-state index is -1.20. The Morgan fingerprint density at radius 3 is 2.07 bits per heavy atom. The molecule has 1 heterocycles. The summed E-state index contributed by atoms with van der Waals surface area (Å²) >= 11 is 0. The first-order valence-electron chi connectivity index (χ1n) is 7.35. The van der Waals surface area contributed by atoms with Gasteiger partial charge in [-0.15, -0.1) is 12.1 Å². The van der Waals surface area contributed by atoms with Gasteiger partial charge in [0, 0.05) is 14.1 Å². The van der Waals surface area contributed by atoms with Crippen molar-refractivity contribution in [1.82, 2.24) is 9.91 Å². The molecule has 1 aliphatic heterocycles. The number of benzene rings is 2. The van der Waals surface area contributed by atoms with Gasteiger partial charge in [-0.3, -0.25) is 5.01 Å². The van der Waals surface area contributed by atoms with E-state index in [4.69, 9.17) is 0 Å². The molecule has 130 valence electrons. The van der Waals surface area contributed by atoms with Crippen molar-refractivity contribution in [3.05, 3.63) is 70.8 Å². The van der Waals surface area contributed by atoms with Gasteiger partial charge < -0.3 is 25.1 Å². The molecule has 2 aromatic rings. The average molecular weight is 604 g/mol. The van der Waals surface area contributed by atoms with Crippen LogP contribution in [0.1, 0.15) is 33.2 Å². The smallest absolute Gasteiger partial charge is 0.870 e. The first-order valence-corrected chi connectivity index (χ1v) is 7.35. The molecule has 0 aliphatic carbocycles. The molecule has 1 atom stereocenters. The van der Waals surface area contributed by atoms with Gasteiger partial charge in [-0.25, -0.2) is 0 Å². The molecular formula is C18H16Cs2N3O4-. The zero-order chi connectivity index (χ0) is 17.3. The molecule has 0 saturated carbocycles. The number of carboxylic acids is 1. The van der Waals surface area contributed by atoms with Crippen molar-refractivity contribution in [3.8, 4) is 0 Å². The molecule has 3 rings (SSSR count). The van der Waals surface area contributed by atoms with Gasteiger partial charge in [0.05, 0.1) is 12.3 Å². The Labute approximate surface area is 275 Å². The molecule has 7 nitrogen and oxygen atoms in total. The summed E-state index contributed by atoms with van der Waals surface area (Å²) in [4.78, 5) is 23.5. The van der Waals surface area contributed by atoms with E-state index >= 15 is 0 Å². The number of rotatable bonds is 4.